The van der Waals surface area contributed by atoms with E-state index in [1.165, 1.54) is 0 Å². The molecule has 1 aliphatic carbocycles. The topological polar surface area (TPSA) is 58.0 Å². The van der Waals surface area contributed by atoms with Crippen LogP contribution in [0.1, 0.15) is 23.2 Å². The van der Waals surface area contributed by atoms with Gasteiger partial charge in [0.15, 0.2) is 0 Å². The van der Waals surface area contributed by atoms with Gasteiger partial charge in [0.1, 0.15) is 11.4 Å². The molecule has 1 aromatic heterocycles. The van der Waals surface area contributed by atoms with Crippen molar-refractivity contribution in [3.05, 3.63) is 58.5 Å². The Morgan fingerprint density at radius 1 is 1.25 bits per heavy atom. The van der Waals surface area contributed by atoms with Crippen molar-refractivity contribution in [2.24, 2.45) is 0 Å². The van der Waals surface area contributed by atoms with Crippen molar-refractivity contribution in [3.8, 4) is 0 Å². The fourth-order valence-electron chi connectivity index (χ4n) is 2.52. The third kappa shape index (κ3) is 1.97. The first-order valence-electron chi connectivity index (χ1n) is 6.35. The summed E-state index contributed by atoms with van der Waals surface area (Å²) in [5.74, 6) is 0.616. The fourth-order valence-corrected chi connectivity index (χ4v) is 2.69. The maximum atomic E-state index is 11.1. The predicted molar refractivity (Wildman–Crippen MR) is 79.7 cm³/mol. The number of aliphatic hydroxyl groups is 1. The van der Waals surface area contributed by atoms with Gasteiger partial charge in [-0.25, -0.2) is 9.97 Å². The zero-order chi connectivity index (χ0) is 14.2. The number of halogens is 1. The highest BCUT2D eigenvalue weighted by atomic mass is 35.5. The summed E-state index contributed by atoms with van der Waals surface area (Å²) in [5.41, 5.74) is 0.927. The number of fused-ring (bicyclic) bond motifs is 1. The van der Waals surface area contributed by atoms with Crippen molar-refractivity contribution in [2.45, 2.75) is 12.0 Å². The minimum atomic E-state index is -1.18. The van der Waals surface area contributed by atoms with Crippen molar-refractivity contribution < 1.29 is 5.11 Å². The number of hydrogen-bond acceptors (Lipinski definition) is 4. The first kappa shape index (κ1) is 13.1. The molecule has 0 saturated carbocycles. The molecule has 3 rings (SSSR count). The third-order valence-electron chi connectivity index (χ3n) is 3.50. The Hall–Kier alpha value is -1.91. The summed E-state index contributed by atoms with van der Waals surface area (Å²) < 4.78 is 0. The highest BCUT2D eigenvalue weighted by Crippen LogP contribution is 2.40. The minimum absolute atomic E-state index is 0.123. The molecule has 102 valence electrons. The van der Waals surface area contributed by atoms with E-state index in [0.29, 0.717) is 17.9 Å². The van der Waals surface area contributed by atoms with Crippen molar-refractivity contribution in [1.82, 2.24) is 9.97 Å². The lowest BCUT2D eigenvalue weighted by atomic mass is 9.81. The standard InChI is InChI=1S/C15H14ClN3O/c1-17-13-11-8-5-9-15(20,10-6-3-2-4-7-10)12(11)18-14(16)19-13/h2-8,20H,9H2,1H3,(H,17,18,19). The van der Waals surface area contributed by atoms with E-state index in [9.17, 15) is 5.11 Å². The Kier molecular flexibility index (Phi) is 3.20. The zero-order valence-electron chi connectivity index (χ0n) is 11.0. The van der Waals surface area contributed by atoms with Gasteiger partial charge in [0.25, 0.3) is 0 Å². The number of aromatic nitrogens is 2. The average Bonchev–Trinajstić information content (AvgIpc) is 2.48. The number of anilines is 1. The highest BCUT2D eigenvalue weighted by molar-refractivity contribution is 6.28. The minimum Gasteiger partial charge on any atom is -0.378 e. The van der Waals surface area contributed by atoms with Gasteiger partial charge in [0.2, 0.25) is 5.28 Å². The van der Waals surface area contributed by atoms with Gasteiger partial charge in [-0.15, -0.1) is 0 Å². The van der Waals surface area contributed by atoms with Crippen molar-refractivity contribution in [2.75, 3.05) is 12.4 Å². The Morgan fingerprint density at radius 3 is 2.70 bits per heavy atom. The largest absolute Gasteiger partial charge is 0.378 e. The van der Waals surface area contributed by atoms with E-state index in [0.717, 1.165) is 11.1 Å². The van der Waals surface area contributed by atoms with E-state index in [4.69, 9.17) is 11.6 Å². The molecule has 2 aromatic rings. The smallest absolute Gasteiger partial charge is 0.224 e. The van der Waals surface area contributed by atoms with Crippen LogP contribution in [0.2, 0.25) is 5.28 Å². The van der Waals surface area contributed by atoms with Crippen LogP contribution in [0.15, 0.2) is 36.4 Å². The fraction of sp³-hybridized carbons (Fsp3) is 0.200. The molecule has 5 heteroatoms. The van der Waals surface area contributed by atoms with Crippen molar-refractivity contribution >= 4 is 23.5 Å². The number of nitrogens with zero attached hydrogens (tertiary/aromatic N) is 2. The van der Waals surface area contributed by atoms with Crippen LogP contribution in [0.5, 0.6) is 0 Å². The van der Waals surface area contributed by atoms with Crippen LogP contribution in [0.4, 0.5) is 5.82 Å². The number of rotatable bonds is 2. The van der Waals surface area contributed by atoms with Crippen LogP contribution < -0.4 is 5.32 Å². The molecule has 0 aliphatic heterocycles. The summed E-state index contributed by atoms with van der Waals surface area (Å²) in [5, 5.41) is 14.2. The first-order valence-corrected chi connectivity index (χ1v) is 6.73. The van der Waals surface area contributed by atoms with E-state index >= 15 is 0 Å². The number of nitrogens with one attached hydrogen (secondary N) is 1. The maximum Gasteiger partial charge on any atom is 0.224 e. The van der Waals surface area contributed by atoms with Crippen LogP contribution in [-0.2, 0) is 5.60 Å². The third-order valence-corrected chi connectivity index (χ3v) is 3.67. The van der Waals surface area contributed by atoms with Gasteiger partial charge in [0, 0.05) is 19.0 Å². The molecule has 1 heterocycles. The van der Waals surface area contributed by atoms with Crippen LogP contribution in [0.3, 0.4) is 0 Å². The average molecular weight is 288 g/mol. The summed E-state index contributed by atoms with van der Waals surface area (Å²) in [6, 6.07) is 9.48. The summed E-state index contributed by atoms with van der Waals surface area (Å²) in [4.78, 5) is 8.41. The van der Waals surface area contributed by atoms with E-state index in [-0.39, 0.29) is 5.28 Å². The lowest BCUT2D eigenvalue weighted by Crippen LogP contribution is -2.31. The second-order valence-electron chi connectivity index (χ2n) is 4.69. The Labute approximate surface area is 122 Å². The molecule has 1 aliphatic rings. The van der Waals surface area contributed by atoms with Gasteiger partial charge in [0.05, 0.1) is 5.69 Å². The molecule has 0 saturated heterocycles. The summed E-state index contributed by atoms with van der Waals surface area (Å²) in [7, 11) is 1.77. The Morgan fingerprint density at radius 2 is 2.00 bits per heavy atom. The van der Waals surface area contributed by atoms with Gasteiger partial charge < -0.3 is 10.4 Å². The van der Waals surface area contributed by atoms with Gasteiger partial charge >= 0.3 is 0 Å². The molecule has 0 spiro atoms. The van der Waals surface area contributed by atoms with Crippen LogP contribution in [-0.4, -0.2) is 22.1 Å². The SMILES string of the molecule is CNc1nc(Cl)nc2c1C=CCC2(O)c1ccccc1. The van der Waals surface area contributed by atoms with Crippen LogP contribution in [0.25, 0.3) is 6.08 Å². The van der Waals surface area contributed by atoms with Gasteiger partial charge in [-0.05, 0) is 17.2 Å². The van der Waals surface area contributed by atoms with Crippen molar-refractivity contribution in [3.63, 3.8) is 0 Å². The molecule has 2 N–H and O–H groups in total. The molecule has 1 aromatic carbocycles. The molecule has 20 heavy (non-hydrogen) atoms. The molecule has 0 radical (unpaired) electrons. The summed E-state index contributed by atoms with van der Waals surface area (Å²) in [6.45, 7) is 0. The van der Waals surface area contributed by atoms with E-state index in [2.05, 4.69) is 15.3 Å². The summed E-state index contributed by atoms with van der Waals surface area (Å²) in [6.07, 6.45) is 4.29. The second-order valence-corrected chi connectivity index (χ2v) is 5.02. The van der Waals surface area contributed by atoms with Crippen molar-refractivity contribution in [1.29, 1.82) is 0 Å². The molecule has 0 bridgehead atoms. The maximum absolute atomic E-state index is 11.1. The van der Waals surface area contributed by atoms with Gasteiger partial charge in [-0.3, -0.25) is 0 Å². The lowest BCUT2D eigenvalue weighted by Gasteiger charge is -2.31. The predicted octanol–water partition coefficient (Wildman–Crippen LogP) is 2.82. The number of benzene rings is 1. The Balaban J connectivity index is 2.25. The molecule has 4 nitrogen and oxygen atoms in total. The molecule has 0 fully saturated rings. The monoisotopic (exact) mass is 287 g/mol. The normalized spacial score (nSPS) is 20.6. The van der Waals surface area contributed by atoms with E-state index in [1.807, 2.05) is 42.5 Å². The summed E-state index contributed by atoms with van der Waals surface area (Å²) >= 11 is 5.98. The zero-order valence-corrected chi connectivity index (χ0v) is 11.7. The van der Waals surface area contributed by atoms with E-state index in [1.54, 1.807) is 7.05 Å². The lowest BCUT2D eigenvalue weighted by molar-refractivity contribution is 0.0779. The van der Waals surface area contributed by atoms with Gasteiger partial charge in [-0.1, -0.05) is 42.5 Å². The molecule has 0 amide bonds. The van der Waals surface area contributed by atoms with Gasteiger partial charge in [-0.2, -0.15) is 0 Å². The number of hydrogen-bond donors (Lipinski definition) is 2. The molecular weight excluding hydrogens is 274 g/mol. The first-order chi connectivity index (χ1) is 9.65. The molecule has 1 unspecified atom stereocenters. The Bertz CT molecular complexity index is 672. The van der Waals surface area contributed by atoms with Crippen LogP contribution >= 0.6 is 11.6 Å². The second kappa shape index (κ2) is 4.89. The van der Waals surface area contributed by atoms with E-state index < -0.39 is 5.60 Å². The van der Waals surface area contributed by atoms with Crippen LogP contribution in [0, 0.1) is 0 Å². The molecule has 1 atom stereocenters. The molecular formula is C15H14ClN3O. The highest BCUT2D eigenvalue weighted by Gasteiger charge is 2.37. The quantitative estimate of drug-likeness (QED) is 0.834.